The Morgan fingerprint density at radius 1 is 1.07 bits per heavy atom. The number of hydrogen-bond donors (Lipinski definition) is 2. The standard InChI is InChI=1S/C23H21ClF3N3/c1-13-8-9-14-15(6-4-7-19(14)29-13)21-16(5-2-3-12-28)20-18(24)11-10-17(22(20)30-21)23(25,26)27/h4,6-11,30H,2-3,5,12,28H2,1H3. The second kappa shape index (κ2) is 7.93. The maximum Gasteiger partial charge on any atom is 0.418 e. The van der Waals surface area contributed by atoms with Crippen molar-refractivity contribution in [1.82, 2.24) is 9.97 Å². The van der Waals surface area contributed by atoms with Gasteiger partial charge in [-0.05, 0) is 62.6 Å². The molecule has 3 nitrogen and oxygen atoms in total. The van der Waals surface area contributed by atoms with Crippen LogP contribution in [0, 0.1) is 6.92 Å². The Balaban J connectivity index is 2.04. The van der Waals surface area contributed by atoms with Gasteiger partial charge in [-0.1, -0.05) is 29.8 Å². The van der Waals surface area contributed by atoms with Gasteiger partial charge in [-0.2, -0.15) is 13.2 Å². The molecule has 0 aliphatic rings. The number of aromatic nitrogens is 2. The molecule has 0 spiro atoms. The number of aryl methyl sites for hydroxylation is 2. The first-order valence-electron chi connectivity index (χ1n) is 9.78. The number of rotatable bonds is 5. The minimum Gasteiger partial charge on any atom is -0.354 e. The number of H-pyrrole nitrogens is 1. The highest BCUT2D eigenvalue weighted by Crippen LogP contribution is 2.43. The fourth-order valence-electron chi connectivity index (χ4n) is 3.96. The smallest absolute Gasteiger partial charge is 0.354 e. The predicted molar refractivity (Wildman–Crippen MR) is 116 cm³/mol. The van der Waals surface area contributed by atoms with Gasteiger partial charge in [-0.25, -0.2) is 0 Å². The Labute approximate surface area is 177 Å². The van der Waals surface area contributed by atoms with Gasteiger partial charge in [-0.3, -0.25) is 4.98 Å². The summed E-state index contributed by atoms with van der Waals surface area (Å²) < 4.78 is 41.1. The molecule has 0 fully saturated rings. The molecule has 3 N–H and O–H groups in total. The summed E-state index contributed by atoms with van der Waals surface area (Å²) in [6, 6.07) is 11.9. The molecule has 0 amide bonds. The molecule has 0 aliphatic carbocycles. The number of hydrogen-bond acceptors (Lipinski definition) is 2. The van der Waals surface area contributed by atoms with Crippen molar-refractivity contribution < 1.29 is 13.2 Å². The highest BCUT2D eigenvalue weighted by molar-refractivity contribution is 6.36. The molecule has 4 rings (SSSR count). The van der Waals surface area contributed by atoms with Gasteiger partial charge in [0.2, 0.25) is 0 Å². The van der Waals surface area contributed by atoms with Crippen LogP contribution in [-0.2, 0) is 12.6 Å². The van der Waals surface area contributed by atoms with Gasteiger partial charge in [0, 0.05) is 22.0 Å². The molecular weight excluding hydrogens is 411 g/mol. The van der Waals surface area contributed by atoms with Gasteiger partial charge >= 0.3 is 6.18 Å². The summed E-state index contributed by atoms with van der Waals surface area (Å²) in [5, 5.41) is 1.60. The Morgan fingerprint density at radius 3 is 2.60 bits per heavy atom. The van der Waals surface area contributed by atoms with Crippen LogP contribution >= 0.6 is 11.6 Å². The largest absolute Gasteiger partial charge is 0.418 e. The fraction of sp³-hybridized carbons (Fsp3) is 0.261. The van der Waals surface area contributed by atoms with E-state index in [0.29, 0.717) is 29.1 Å². The third-order valence-electron chi connectivity index (χ3n) is 5.33. The Morgan fingerprint density at radius 2 is 1.87 bits per heavy atom. The van der Waals surface area contributed by atoms with Crippen LogP contribution in [-0.4, -0.2) is 16.5 Å². The van der Waals surface area contributed by atoms with Crippen molar-refractivity contribution in [3.05, 3.63) is 64.3 Å². The summed E-state index contributed by atoms with van der Waals surface area (Å²) in [5.74, 6) is 0. The van der Waals surface area contributed by atoms with E-state index in [2.05, 4.69) is 9.97 Å². The Bertz CT molecular complexity index is 1230. The lowest BCUT2D eigenvalue weighted by molar-refractivity contribution is -0.136. The van der Waals surface area contributed by atoms with Crippen LogP contribution in [0.3, 0.4) is 0 Å². The predicted octanol–water partition coefficient (Wildman–Crippen LogP) is 6.65. The first kappa shape index (κ1) is 20.7. The molecule has 0 aliphatic heterocycles. The van der Waals surface area contributed by atoms with Crippen LogP contribution in [0.15, 0.2) is 42.5 Å². The van der Waals surface area contributed by atoms with Crippen LogP contribution in [0.25, 0.3) is 33.1 Å². The van der Waals surface area contributed by atoms with Crippen LogP contribution in [0.5, 0.6) is 0 Å². The molecule has 0 atom stereocenters. The molecular formula is C23H21ClF3N3. The zero-order valence-corrected chi connectivity index (χ0v) is 17.2. The third-order valence-corrected chi connectivity index (χ3v) is 5.65. The van der Waals surface area contributed by atoms with Crippen molar-refractivity contribution in [3.63, 3.8) is 0 Å². The number of nitrogens with two attached hydrogens (primary N) is 1. The maximum atomic E-state index is 13.7. The number of alkyl halides is 3. The number of pyridine rings is 1. The summed E-state index contributed by atoms with van der Waals surface area (Å²) in [5.41, 5.74) is 8.84. The minimum atomic E-state index is -4.49. The molecule has 0 saturated heterocycles. The van der Waals surface area contributed by atoms with Gasteiger partial charge in [-0.15, -0.1) is 0 Å². The number of fused-ring (bicyclic) bond motifs is 2. The summed E-state index contributed by atoms with van der Waals surface area (Å²) in [4.78, 5) is 7.63. The topological polar surface area (TPSA) is 54.7 Å². The van der Waals surface area contributed by atoms with Crippen LogP contribution in [0.4, 0.5) is 13.2 Å². The zero-order chi connectivity index (χ0) is 21.5. The van der Waals surface area contributed by atoms with Gasteiger partial charge < -0.3 is 10.7 Å². The molecule has 2 aromatic carbocycles. The Hall–Kier alpha value is -2.57. The van der Waals surface area contributed by atoms with Gasteiger partial charge in [0.15, 0.2) is 0 Å². The second-order valence-corrected chi connectivity index (χ2v) is 7.80. The van der Waals surface area contributed by atoms with Crippen molar-refractivity contribution in [2.24, 2.45) is 5.73 Å². The van der Waals surface area contributed by atoms with E-state index < -0.39 is 11.7 Å². The number of halogens is 4. The molecule has 4 aromatic rings. The van der Waals surface area contributed by atoms with E-state index in [4.69, 9.17) is 17.3 Å². The van der Waals surface area contributed by atoms with Gasteiger partial charge in [0.05, 0.1) is 27.3 Å². The van der Waals surface area contributed by atoms with E-state index in [9.17, 15) is 13.2 Å². The maximum absolute atomic E-state index is 13.7. The van der Waals surface area contributed by atoms with E-state index in [0.717, 1.165) is 46.6 Å². The number of nitrogens with one attached hydrogen (secondary N) is 1. The molecule has 7 heteroatoms. The second-order valence-electron chi connectivity index (χ2n) is 7.39. The van der Waals surface area contributed by atoms with Crippen molar-refractivity contribution in [3.8, 4) is 11.3 Å². The lowest BCUT2D eigenvalue weighted by Crippen LogP contribution is -2.05. The lowest BCUT2D eigenvalue weighted by Gasteiger charge is -2.10. The average molecular weight is 432 g/mol. The average Bonchev–Trinajstić information content (AvgIpc) is 3.06. The van der Waals surface area contributed by atoms with Crippen molar-refractivity contribution in [2.45, 2.75) is 32.4 Å². The van der Waals surface area contributed by atoms with Gasteiger partial charge in [0.1, 0.15) is 0 Å². The molecule has 2 heterocycles. The van der Waals surface area contributed by atoms with E-state index in [1.165, 1.54) is 6.07 Å². The number of aromatic amines is 1. The van der Waals surface area contributed by atoms with E-state index in [-0.39, 0.29) is 5.52 Å². The van der Waals surface area contributed by atoms with Crippen molar-refractivity contribution in [1.29, 1.82) is 0 Å². The fourth-order valence-corrected chi connectivity index (χ4v) is 4.24. The molecule has 0 radical (unpaired) electrons. The van der Waals surface area contributed by atoms with Crippen molar-refractivity contribution in [2.75, 3.05) is 6.54 Å². The van der Waals surface area contributed by atoms with E-state index in [1.807, 2.05) is 37.3 Å². The van der Waals surface area contributed by atoms with E-state index >= 15 is 0 Å². The monoisotopic (exact) mass is 431 g/mol. The van der Waals surface area contributed by atoms with Crippen LogP contribution < -0.4 is 5.73 Å². The first-order valence-corrected chi connectivity index (χ1v) is 10.2. The quantitative estimate of drug-likeness (QED) is 0.348. The molecule has 30 heavy (non-hydrogen) atoms. The molecule has 156 valence electrons. The summed E-state index contributed by atoms with van der Waals surface area (Å²) in [6.07, 6.45) is -2.38. The number of benzene rings is 2. The normalized spacial score (nSPS) is 12.2. The highest BCUT2D eigenvalue weighted by atomic mass is 35.5. The molecule has 0 saturated carbocycles. The van der Waals surface area contributed by atoms with Crippen LogP contribution in [0.2, 0.25) is 5.02 Å². The molecule has 0 unspecified atom stereocenters. The first-order chi connectivity index (χ1) is 14.3. The lowest BCUT2D eigenvalue weighted by atomic mass is 9.97. The van der Waals surface area contributed by atoms with Crippen LogP contribution in [0.1, 0.15) is 29.7 Å². The minimum absolute atomic E-state index is 0.0184. The summed E-state index contributed by atoms with van der Waals surface area (Å²) in [7, 11) is 0. The van der Waals surface area contributed by atoms with Crippen molar-refractivity contribution >= 4 is 33.4 Å². The Kier molecular flexibility index (Phi) is 5.47. The SMILES string of the molecule is Cc1ccc2c(-c3[nH]c4c(C(F)(F)F)ccc(Cl)c4c3CCCCN)cccc2n1. The number of unbranched alkanes of at least 4 members (excludes halogenated alkanes) is 1. The summed E-state index contributed by atoms with van der Waals surface area (Å²) >= 11 is 6.41. The molecule has 0 bridgehead atoms. The number of nitrogens with zero attached hydrogens (tertiary/aromatic N) is 1. The molecule has 2 aromatic heterocycles. The van der Waals surface area contributed by atoms with E-state index in [1.54, 1.807) is 0 Å². The third kappa shape index (κ3) is 3.66. The zero-order valence-electron chi connectivity index (χ0n) is 16.4. The summed E-state index contributed by atoms with van der Waals surface area (Å²) in [6.45, 7) is 2.43. The highest BCUT2D eigenvalue weighted by Gasteiger charge is 2.34. The van der Waals surface area contributed by atoms with Gasteiger partial charge in [0.25, 0.3) is 0 Å².